The van der Waals surface area contributed by atoms with Crippen LogP contribution >= 0.6 is 0 Å². The highest BCUT2D eigenvalue weighted by atomic mass is 16.5. The maximum atomic E-state index is 11.9. The molecule has 3 aromatic rings. The third kappa shape index (κ3) is 4.72. The molecule has 1 aliphatic rings. The Bertz CT molecular complexity index is 1080. The molecule has 1 heterocycles. The lowest BCUT2D eigenvalue weighted by Gasteiger charge is -2.28. The third-order valence-corrected chi connectivity index (χ3v) is 5.98. The van der Waals surface area contributed by atoms with Crippen LogP contribution in [-0.4, -0.2) is 36.9 Å². The largest absolute Gasteiger partial charge is 0.493 e. The first-order chi connectivity index (χ1) is 15.6. The molecule has 32 heavy (non-hydrogen) atoms. The maximum Gasteiger partial charge on any atom is 0.411 e. The lowest BCUT2D eigenvalue weighted by atomic mass is 9.89. The van der Waals surface area contributed by atoms with E-state index in [1.165, 1.54) is 24.2 Å². The van der Waals surface area contributed by atoms with E-state index in [0.29, 0.717) is 41.1 Å². The van der Waals surface area contributed by atoms with Crippen LogP contribution in [0.2, 0.25) is 0 Å². The molecule has 1 amide bonds. The van der Waals surface area contributed by atoms with Crippen LogP contribution in [0.1, 0.15) is 32.1 Å². The second-order valence-corrected chi connectivity index (χ2v) is 8.03. The quantitative estimate of drug-likeness (QED) is 0.481. The minimum absolute atomic E-state index is 0.422. The predicted molar refractivity (Wildman–Crippen MR) is 123 cm³/mol. The summed E-state index contributed by atoms with van der Waals surface area (Å²) >= 11 is 0. The van der Waals surface area contributed by atoms with Crippen molar-refractivity contribution in [1.82, 2.24) is 4.98 Å². The van der Waals surface area contributed by atoms with Gasteiger partial charge in [-0.1, -0.05) is 19.3 Å². The highest BCUT2D eigenvalue weighted by Gasteiger charge is 2.22. The van der Waals surface area contributed by atoms with Gasteiger partial charge < -0.3 is 19.3 Å². The molecule has 7 nitrogen and oxygen atoms in total. The van der Waals surface area contributed by atoms with E-state index in [0.717, 1.165) is 23.7 Å². The SMILES string of the molecule is COc1cc2nccc(Oc3ccc(N(CC4CCCCC4)C(=O)O)cc3)c2cc1OC. The van der Waals surface area contributed by atoms with Gasteiger partial charge in [-0.05, 0) is 55.2 Å². The van der Waals surface area contributed by atoms with Gasteiger partial charge in [0.1, 0.15) is 11.5 Å². The molecular weight excluding hydrogens is 408 g/mol. The first kappa shape index (κ1) is 21.7. The van der Waals surface area contributed by atoms with Gasteiger partial charge in [0.25, 0.3) is 0 Å². The van der Waals surface area contributed by atoms with Crippen molar-refractivity contribution in [2.75, 3.05) is 25.7 Å². The Morgan fingerprint density at radius 1 is 1.00 bits per heavy atom. The number of hydrogen-bond acceptors (Lipinski definition) is 5. The van der Waals surface area contributed by atoms with E-state index in [1.807, 2.05) is 6.07 Å². The minimum Gasteiger partial charge on any atom is -0.493 e. The smallest absolute Gasteiger partial charge is 0.411 e. The second kappa shape index (κ2) is 9.77. The average molecular weight is 437 g/mol. The summed E-state index contributed by atoms with van der Waals surface area (Å²) in [6.45, 7) is 0.534. The number of aromatic nitrogens is 1. The summed E-state index contributed by atoms with van der Waals surface area (Å²) < 4.78 is 16.9. The zero-order valence-electron chi connectivity index (χ0n) is 18.4. The molecule has 1 N–H and O–H groups in total. The van der Waals surface area contributed by atoms with Crippen molar-refractivity contribution >= 4 is 22.7 Å². The van der Waals surface area contributed by atoms with E-state index in [2.05, 4.69) is 4.98 Å². The Balaban J connectivity index is 1.55. The summed E-state index contributed by atoms with van der Waals surface area (Å²) in [5.41, 5.74) is 1.38. The molecule has 1 aromatic heterocycles. The molecule has 168 valence electrons. The van der Waals surface area contributed by atoms with Crippen molar-refractivity contribution in [2.24, 2.45) is 5.92 Å². The van der Waals surface area contributed by atoms with Gasteiger partial charge in [0.05, 0.1) is 19.7 Å². The maximum absolute atomic E-state index is 11.9. The predicted octanol–water partition coefficient (Wildman–Crippen LogP) is 6.11. The van der Waals surface area contributed by atoms with E-state index in [1.54, 1.807) is 56.8 Å². The molecule has 4 rings (SSSR count). The van der Waals surface area contributed by atoms with Crippen molar-refractivity contribution in [3.8, 4) is 23.0 Å². The van der Waals surface area contributed by atoms with Crippen LogP contribution in [0, 0.1) is 5.92 Å². The summed E-state index contributed by atoms with van der Waals surface area (Å²) in [6.07, 6.45) is 6.54. The van der Waals surface area contributed by atoms with Gasteiger partial charge in [-0.25, -0.2) is 4.79 Å². The lowest BCUT2D eigenvalue weighted by molar-refractivity contribution is 0.199. The van der Waals surface area contributed by atoms with E-state index >= 15 is 0 Å². The molecular formula is C25H28N2O5. The summed E-state index contributed by atoms with van der Waals surface area (Å²) in [6, 6.07) is 12.6. The number of benzene rings is 2. The Labute approximate surface area is 187 Å². The van der Waals surface area contributed by atoms with E-state index in [9.17, 15) is 9.90 Å². The summed E-state index contributed by atoms with van der Waals surface area (Å²) in [5, 5.41) is 10.5. The normalized spacial score (nSPS) is 14.2. The zero-order valence-corrected chi connectivity index (χ0v) is 18.4. The van der Waals surface area contributed by atoms with Crippen molar-refractivity contribution in [3.63, 3.8) is 0 Å². The summed E-state index contributed by atoms with van der Waals surface area (Å²) in [5.74, 6) is 2.85. The first-order valence-corrected chi connectivity index (χ1v) is 10.9. The summed E-state index contributed by atoms with van der Waals surface area (Å²) in [4.78, 5) is 17.7. The molecule has 1 fully saturated rings. The minimum atomic E-state index is -0.926. The van der Waals surface area contributed by atoms with Crippen LogP contribution in [0.25, 0.3) is 10.9 Å². The van der Waals surface area contributed by atoms with Crippen molar-refractivity contribution < 1.29 is 24.1 Å². The molecule has 7 heteroatoms. The monoisotopic (exact) mass is 436 g/mol. The molecule has 0 saturated heterocycles. The van der Waals surface area contributed by atoms with Gasteiger partial charge >= 0.3 is 6.09 Å². The van der Waals surface area contributed by atoms with Gasteiger partial charge in [-0.3, -0.25) is 9.88 Å². The fraction of sp³-hybridized carbons (Fsp3) is 0.360. The molecule has 1 aliphatic carbocycles. The third-order valence-electron chi connectivity index (χ3n) is 5.98. The van der Waals surface area contributed by atoms with Crippen molar-refractivity contribution in [3.05, 3.63) is 48.7 Å². The van der Waals surface area contributed by atoms with Gasteiger partial charge in [0.2, 0.25) is 0 Å². The highest BCUT2D eigenvalue weighted by Crippen LogP contribution is 2.37. The van der Waals surface area contributed by atoms with Crippen molar-refractivity contribution in [2.45, 2.75) is 32.1 Å². The molecule has 2 aromatic carbocycles. The van der Waals surface area contributed by atoms with Gasteiger partial charge in [0, 0.05) is 29.9 Å². The van der Waals surface area contributed by atoms with Crippen LogP contribution in [0.4, 0.5) is 10.5 Å². The average Bonchev–Trinajstić information content (AvgIpc) is 2.83. The second-order valence-electron chi connectivity index (χ2n) is 8.03. The molecule has 0 aliphatic heterocycles. The fourth-order valence-electron chi connectivity index (χ4n) is 4.28. The first-order valence-electron chi connectivity index (χ1n) is 10.9. The fourth-order valence-corrected chi connectivity index (χ4v) is 4.28. The Morgan fingerprint density at radius 3 is 2.34 bits per heavy atom. The van der Waals surface area contributed by atoms with Crippen LogP contribution < -0.4 is 19.1 Å². The van der Waals surface area contributed by atoms with Crippen LogP contribution in [0.3, 0.4) is 0 Å². The van der Waals surface area contributed by atoms with Gasteiger partial charge in [-0.15, -0.1) is 0 Å². The lowest BCUT2D eigenvalue weighted by Crippen LogP contribution is -2.34. The van der Waals surface area contributed by atoms with E-state index < -0.39 is 6.09 Å². The zero-order chi connectivity index (χ0) is 22.5. The number of rotatable bonds is 7. The van der Waals surface area contributed by atoms with Gasteiger partial charge in [-0.2, -0.15) is 0 Å². The van der Waals surface area contributed by atoms with E-state index in [4.69, 9.17) is 14.2 Å². The standard InChI is InChI=1S/C25H28N2O5/c1-30-23-14-20-21(15-24(23)31-2)26-13-12-22(20)32-19-10-8-18(9-11-19)27(25(28)29)16-17-6-4-3-5-7-17/h8-15,17H,3-7,16H2,1-2H3,(H,28,29). The van der Waals surface area contributed by atoms with E-state index in [-0.39, 0.29) is 0 Å². The number of carboxylic acid groups (broad SMARTS) is 1. The number of hydrogen-bond donors (Lipinski definition) is 1. The number of fused-ring (bicyclic) bond motifs is 1. The highest BCUT2D eigenvalue weighted by molar-refractivity contribution is 5.88. The Hall–Kier alpha value is -3.48. The summed E-state index contributed by atoms with van der Waals surface area (Å²) in [7, 11) is 3.17. The number of carbonyl (C=O) groups is 1. The Kier molecular flexibility index (Phi) is 6.63. The van der Waals surface area contributed by atoms with Crippen LogP contribution in [0.5, 0.6) is 23.0 Å². The molecule has 0 spiro atoms. The van der Waals surface area contributed by atoms with Crippen molar-refractivity contribution in [1.29, 1.82) is 0 Å². The molecule has 0 unspecified atom stereocenters. The number of ether oxygens (including phenoxy) is 3. The number of amides is 1. The van der Waals surface area contributed by atoms with Crippen LogP contribution in [0.15, 0.2) is 48.7 Å². The number of anilines is 1. The number of pyridine rings is 1. The molecule has 0 bridgehead atoms. The van der Waals surface area contributed by atoms with Crippen LogP contribution in [-0.2, 0) is 0 Å². The number of nitrogens with zero attached hydrogens (tertiary/aromatic N) is 2. The molecule has 0 radical (unpaired) electrons. The topological polar surface area (TPSA) is 81.1 Å². The molecule has 1 saturated carbocycles. The Morgan fingerprint density at radius 2 is 1.69 bits per heavy atom. The molecule has 0 atom stereocenters. The van der Waals surface area contributed by atoms with Gasteiger partial charge in [0.15, 0.2) is 11.5 Å². The number of methoxy groups -OCH3 is 2.